The van der Waals surface area contributed by atoms with E-state index in [1.807, 2.05) is 0 Å². The molecule has 2 N–H and O–H groups in total. The van der Waals surface area contributed by atoms with Crippen LogP contribution in [0, 0.1) is 0 Å². The van der Waals surface area contributed by atoms with E-state index in [1.165, 1.54) is 15.8 Å². The highest BCUT2D eigenvalue weighted by atomic mass is 32.1. The van der Waals surface area contributed by atoms with E-state index < -0.39 is 0 Å². The van der Waals surface area contributed by atoms with Gasteiger partial charge >= 0.3 is 0 Å². The van der Waals surface area contributed by atoms with Crippen molar-refractivity contribution in [1.82, 2.24) is 15.3 Å². The number of aromatic nitrogens is 2. The molecule has 1 atom stereocenters. The molecule has 0 saturated heterocycles. The lowest BCUT2D eigenvalue weighted by Crippen LogP contribution is -2.22. The van der Waals surface area contributed by atoms with Crippen molar-refractivity contribution in [3.8, 4) is 0 Å². The number of fused-ring (bicyclic) bond motifs is 3. The summed E-state index contributed by atoms with van der Waals surface area (Å²) in [4.78, 5) is 11.4. The molecule has 0 bridgehead atoms. The number of nitrogens with one attached hydrogen (secondary N) is 2. The summed E-state index contributed by atoms with van der Waals surface area (Å²) in [5.74, 6) is 1.01. The average molecular weight is 262 g/mol. The average Bonchev–Trinajstić information content (AvgIpc) is 2.78. The van der Waals surface area contributed by atoms with Crippen LogP contribution in [0.3, 0.4) is 0 Å². The first-order valence-corrected chi connectivity index (χ1v) is 7.33. The first kappa shape index (κ1) is 11.9. The third kappa shape index (κ3) is 1.97. The largest absolute Gasteiger partial charge is 0.367 e. The molecule has 3 heterocycles. The van der Waals surface area contributed by atoms with Crippen LogP contribution in [0.15, 0.2) is 6.33 Å². The fourth-order valence-corrected chi connectivity index (χ4v) is 3.46. The van der Waals surface area contributed by atoms with Gasteiger partial charge in [0.15, 0.2) is 0 Å². The molecule has 0 amide bonds. The molecule has 2 aromatic rings. The molecule has 0 aliphatic carbocycles. The van der Waals surface area contributed by atoms with Gasteiger partial charge in [-0.15, -0.1) is 11.3 Å². The zero-order valence-corrected chi connectivity index (χ0v) is 11.6. The molecule has 0 radical (unpaired) electrons. The van der Waals surface area contributed by atoms with Gasteiger partial charge in [0.1, 0.15) is 17.0 Å². The van der Waals surface area contributed by atoms with Crippen LogP contribution < -0.4 is 10.6 Å². The Morgan fingerprint density at radius 2 is 2.39 bits per heavy atom. The van der Waals surface area contributed by atoms with Crippen LogP contribution in [0.5, 0.6) is 0 Å². The minimum absolute atomic E-state index is 0.445. The van der Waals surface area contributed by atoms with Gasteiger partial charge in [0.05, 0.1) is 5.39 Å². The number of hydrogen-bond acceptors (Lipinski definition) is 5. The summed E-state index contributed by atoms with van der Waals surface area (Å²) in [6, 6.07) is 0.445. The monoisotopic (exact) mass is 262 g/mol. The number of anilines is 1. The standard InChI is InChI=1S/C13H18N4S/c1-3-8(2)17-12-11-9-4-5-14-6-10(9)18-13(11)16-7-15-12/h7-8,14H,3-6H2,1-2H3,(H,15,16,17). The van der Waals surface area contributed by atoms with E-state index in [2.05, 4.69) is 34.4 Å². The highest BCUT2D eigenvalue weighted by Crippen LogP contribution is 2.35. The lowest BCUT2D eigenvalue weighted by Gasteiger charge is -2.15. The smallest absolute Gasteiger partial charge is 0.138 e. The number of rotatable bonds is 3. The normalized spacial score (nSPS) is 16.6. The summed E-state index contributed by atoms with van der Waals surface area (Å²) in [6.07, 6.45) is 3.85. The van der Waals surface area contributed by atoms with Gasteiger partial charge in [-0.2, -0.15) is 0 Å². The Morgan fingerprint density at radius 3 is 3.22 bits per heavy atom. The van der Waals surface area contributed by atoms with Crippen LogP contribution >= 0.6 is 11.3 Å². The predicted molar refractivity (Wildman–Crippen MR) is 76.2 cm³/mol. The Balaban J connectivity index is 2.10. The van der Waals surface area contributed by atoms with Crippen molar-refractivity contribution in [2.24, 2.45) is 0 Å². The predicted octanol–water partition coefficient (Wildman–Crippen LogP) is 2.55. The molecule has 0 aromatic carbocycles. The van der Waals surface area contributed by atoms with Crippen LogP contribution in [0.2, 0.25) is 0 Å². The molecule has 1 unspecified atom stereocenters. The van der Waals surface area contributed by atoms with Gasteiger partial charge in [-0.05, 0) is 31.9 Å². The third-order valence-electron chi connectivity index (χ3n) is 3.50. The molecule has 96 valence electrons. The first-order valence-electron chi connectivity index (χ1n) is 6.52. The van der Waals surface area contributed by atoms with Gasteiger partial charge in [0.2, 0.25) is 0 Å². The zero-order chi connectivity index (χ0) is 12.5. The fourth-order valence-electron chi connectivity index (χ4n) is 2.30. The Hall–Kier alpha value is -1.20. The van der Waals surface area contributed by atoms with Crippen molar-refractivity contribution in [3.63, 3.8) is 0 Å². The van der Waals surface area contributed by atoms with Crippen molar-refractivity contribution in [2.45, 2.75) is 39.3 Å². The minimum Gasteiger partial charge on any atom is -0.367 e. The summed E-state index contributed by atoms with van der Waals surface area (Å²) in [6.45, 7) is 6.40. The Bertz CT molecular complexity index is 563. The van der Waals surface area contributed by atoms with Gasteiger partial charge < -0.3 is 10.6 Å². The second kappa shape index (κ2) is 4.82. The summed E-state index contributed by atoms with van der Waals surface area (Å²) in [5.41, 5.74) is 1.44. The van der Waals surface area contributed by atoms with E-state index >= 15 is 0 Å². The SMILES string of the molecule is CCC(C)Nc1ncnc2sc3c(c12)CCNC3. The van der Waals surface area contributed by atoms with E-state index in [-0.39, 0.29) is 0 Å². The Labute approximate surface area is 111 Å². The van der Waals surface area contributed by atoms with E-state index in [0.717, 1.165) is 36.6 Å². The second-order valence-corrected chi connectivity index (χ2v) is 5.87. The highest BCUT2D eigenvalue weighted by molar-refractivity contribution is 7.18. The number of thiophene rings is 1. The molecule has 3 rings (SSSR count). The van der Waals surface area contributed by atoms with Crippen LogP contribution in [0.25, 0.3) is 10.2 Å². The number of nitrogens with zero attached hydrogens (tertiary/aromatic N) is 2. The van der Waals surface area contributed by atoms with Crippen molar-refractivity contribution in [3.05, 3.63) is 16.8 Å². The summed E-state index contributed by atoms with van der Waals surface area (Å²) in [7, 11) is 0. The Kier molecular flexibility index (Phi) is 3.18. The van der Waals surface area contributed by atoms with Crippen molar-refractivity contribution < 1.29 is 0 Å². The maximum Gasteiger partial charge on any atom is 0.138 e. The van der Waals surface area contributed by atoms with Crippen molar-refractivity contribution in [2.75, 3.05) is 11.9 Å². The van der Waals surface area contributed by atoms with E-state index in [0.29, 0.717) is 6.04 Å². The molecular weight excluding hydrogens is 244 g/mol. The highest BCUT2D eigenvalue weighted by Gasteiger charge is 2.19. The maximum absolute atomic E-state index is 4.44. The van der Waals surface area contributed by atoms with Crippen LogP contribution in [-0.2, 0) is 13.0 Å². The third-order valence-corrected chi connectivity index (χ3v) is 4.64. The van der Waals surface area contributed by atoms with Gasteiger partial charge in [-0.3, -0.25) is 0 Å². The van der Waals surface area contributed by atoms with Crippen LogP contribution in [0.4, 0.5) is 5.82 Å². The molecule has 0 saturated carbocycles. The maximum atomic E-state index is 4.44. The lowest BCUT2D eigenvalue weighted by atomic mass is 10.1. The quantitative estimate of drug-likeness (QED) is 0.892. The molecule has 0 spiro atoms. The lowest BCUT2D eigenvalue weighted by molar-refractivity contribution is 0.657. The van der Waals surface area contributed by atoms with Gasteiger partial charge in [0, 0.05) is 17.5 Å². The minimum atomic E-state index is 0.445. The molecule has 2 aromatic heterocycles. The summed E-state index contributed by atoms with van der Waals surface area (Å²) in [5, 5.41) is 8.17. The van der Waals surface area contributed by atoms with E-state index in [4.69, 9.17) is 0 Å². The molecule has 0 fully saturated rings. The van der Waals surface area contributed by atoms with Crippen LogP contribution in [0.1, 0.15) is 30.7 Å². The van der Waals surface area contributed by atoms with Crippen LogP contribution in [-0.4, -0.2) is 22.6 Å². The van der Waals surface area contributed by atoms with E-state index in [9.17, 15) is 0 Å². The van der Waals surface area contributed by atoms with Crippen molar-refractivity contribution >= 4 is 27.4 Å². The molecular formula is C13H18N4S. The zero-order valence-electron chi connectivity index (χ0n) is 10.8. The topological polar surface area (TPSA) is 49.8 Å². The molecule has 1 aliphatic heterocycles. The molecule has 4 nitrogen and oxygen atoms in total. The second-order valence-electron chi connectivity index (χ2n) is 4.79. The van der Waals surface area contributed by atoms with E-state index in [1.54, 1.807) is 17.7 Å². The van der Waals surface area contributed by atoms with Gasteiger partial charge in [-0.1, -0.05) is 6.92 Å². The van der Waals surface area contributed by atoms with Gasteiger partial charge in [0.25, 0.3) is 0 Å². The van der Waals surface area contributed by atoms with Crippen molar-refractivity contribution in [1.29, 1.82) is 0 Å². The summed E-state index contributed by atoms with van der Waals surface area (Å²) >= 11 is 1.79. The molecule has 1 aliphatic rings. The molecule has 5 heteroatoms. The Morgan fingerprint density at radius 1 is 1.50 bits per heavy atom. The first-order chi connectivity index (χ1) is 8.79. The van der Waals surface area contributed by atoms with Gasteiger partial charge in [-0.25, -0.2) is 9.97 Å². The fraction of sp³-hybridized carbons (Fsp3) is 0.538. The summed E-state index contributed by atoms with van der Waals surface area (Å²) < 4.78 is 0. The molecule has 18 heavy (non-hydrogen) atoms. The number of hydrogen-bond donors (Lipinski definition) is 2.